The first-order chi connectivity index (χ1) is 11.7. The minimum Gasteiger partial charge on any atom is -0.450 e. The van der Waals surface area contributed by atoms with E-state index in [4.69, 9.17) is 4.74 Å². The van der Waals surface area contributed by atoms with Crippen molar-refractivity contribution in [2.24, 2.45) is 5.92 Å². The third-order valence-corrected chi connectivity index (χ3v) is 4.02. The van der Waals surface area contributed by atoms with Gasteiger partial charge in [0.1, 0.15) is 0 Å². The van der Waals surface area contributed by atoms with Crippen molar-refractivity contribution < 1.29 is 14.6 Å². The molecule has 0 bridgehead atoms. The Morgan fingerprint density at radius 3 is 2.33 bits per heavy atom. The topological polar surface area (TPSA) is 58.6 Å². The maximum Gasteiger partial charge on any atom is 0.407 e. The molecule has 4 nitrogen and oxygen atoms in total. The third kappa shape index (κ3) is 5.70. The first kappa shape index (κ1) is 18.0. The first-order valence-electron chi connectivity index (χ1n) is 8.38. The lowest BCUT2D eigenvalue weighted by Crippen LogP contribution is -2.32. The standard InChI is InChI=1S/C20H25NO3/c1-2-24-20(23)21-15-18(14-13-16-9-5-3-6-10-16)19(22)17-11-7-4-8-12-17/h3-12,18-19,22H,2,13-15H2,1H3,(H,21,23). The van der Waals surface area contributed by atoms with Gasteiger partial charge >= 0.3 is 6.09 Å². The van der Waals surface area contributed by atoms with Crippen LogP contribution in [0.15, 0.2) is 60.7 Å². The Kier molecular flexibility index (Phi) is 7.30. The summed E-state index contributed by atoms with van der Waals surface area (Å²) in [6.45, 7) is 2.48. The number of carbonyl (C=O) groups excluding carboxylic acids is 1. The van der Waals surface area contributed by atoms with Crippen LogP contribution in [0.25, 0.3) is 0 Å². The quantitative estimate of drug-likeness (QED) is 0.777. The van der Waals surface area contributed by atoms with E-state index >= 15 is 0 Å². The highest BCUT2D eigenvalue weighted by Crippen LogP contribution is 2.25. The second-order valence-electron chi connectivity index (χ2n) is 5.74. The molecule has 1 amide bonds. The largest absolute Gasteiger partial charge is 0.450 e. The normalized spacial score (nSPS) is 13.1. The smallest absolute Gasteiger partial charge is 0.407 e. The summed E-state index contributed by atoms with van der Waals surface area (Å²) in [5.41, 5.74) is 2.08. The van der Waals surface area contributed by atoms with E-state index in [0.29, 0.717) is 13.2 Å². The number of carbonyl (C=O) groups is 1. The zero-order chi connectivity index (χ0) is 17.2. The zero-order valence-electron chi connectivity index (χ0n) is 14.0. The van der Waals surface area contributed by atoms with Crippen LogP contribution in [0.4, 0.5) is 4.79 Å². The van der Waals surface area contributed by atoms with Crippen LogP contribution in [-0.4, -0.2) is 24.4 Å². The number of aliphatic hydroxyl groups is 1. The second-order valence-corrected chi connectivity index (χ2v) is 5.74. The highest BCUT2D eigenvalue weighted by atomic mass is 16.5. The third-order valence-electron chi connectivity index (χ3n) is 4.02. The Labute approximate surface area is 143 Å². The summed E-state index contributed by atoms with van der Waals surface area (Å²) in [5.74, 6) is -0.0861. The fourth-order valence-electron chi connectivity index (χ4n) is 2.69. The van der Waals surface area contributed by atoms with Crippen LogP contribution < -0.4 is 5.32 Å². The van der Waals surface area contributed by atoms with Gasteiger partial charge < -0.3 is 15.2 Å². The van der Waals surface area contributed by atoms with Gasteiger partial charge in [0.05, 0.1) is 12.7 Å². The van der Waals surface area contributed by atoms with Gasteiger partial charge in [0.2, 0.25) is 0 Å². The first-order valence-corrected chi connectivity index (χ1v) is 8.38. The second kappa shape index (κ2) is 9.73. The lowest BCUT2D eigenvalue weighted by atomic mass is 9.90. The van der Waals surface area contributed by atoms with Crippen molar-refractivity contribution in [1.29, 1.82) is 0 Å². The monoisotopic (exact) mass is 327 g/mol. The predicted molar refractivity (Wildman–Crippen MR) is 94.7 cm³/mol. The Morgan fingerprint density at radius 2 is 1.71 bits per heavy atom. The van der Waals surface area contributed by atoms with Crippen molar-refractivity contribution in [3.8, 4) is 0 Å². The molecular formula is C20H25NO3. The summed E-state index contributed by atoms with van der Waals surface area (Å²) in [7, 11) is 0. The van der Waals surface area contributed by atoms with E-state index in [1.165, 1.54) is 5.56 Å². The average Bonchev–Trinajstić information content (AvgIpc) is 2.63. The summed E-state index contributed by atoms with van der Waals surface area (Å²) in [6.07, 6.45) is 0.547. The lowest BCUT2D eigenvalue weighted by molar-refractivity contribution is 0.0977. The van der Waals surface area contributed by atoms with Crippen molar-refractivity contribution in [3.63, 3.8) is 0 Å². The number of hydrogen-bond acceptors (Lipinski definition) is 3. The zero-order valence-corrected chi connectivity index (χ0v) is 14.0. The molecule has 0 fully saturated rings. The molecule has 0 aliphatic rings. The minimum absolute atomic E-state index is 0.0861. The lowest BCUT2D eigenvalue weighted by Gasteiger charge is -2.23. The van der Waals surface area contributed by atoms with E-state index in [2.05, 4.69) is 17.4 Å². The molecular weight excluding hydrogens is 302 g/mol. The molecule has 2 aromatic rings. The Hall–Kier alpha value is -2.33. The van der Waals surface area contributed by atoms with E-state index in [9.17, 15) is 9.90 Å². The molecule has 0 heterocycles. The number of aryl methyl sites for hydroxylation is 1. The molecule has 0 saturated carbocycles. The van der Waals surface area contributed by atoms with Gasteiger partial charge in [-0.15, -0.1) is 0 Å². The van der Waals surface area contributed by atoms with E-state index in [1.54, 1.807) is 6.92 Å². The molecule has 0 saturated heterocycles. The molecule has 2 rings (SSSR count). The van der Waals surface area contributed by atoms with Gasteiger partial charge in [0.25, 0.3) is 0 Å². The summed E-state index contributed by atoms with van der Waals surface area (Å²) >= 11 is 0. The van der Waals surface area contributed by atoms with Gasteiger partial charge in [-0.25, -0.2) is 4.79 Å². The molecule has 2 unspecified atom stereocenters. The van der Waals surface area contributed by atoms with Crippen LogP contribution in [0.1, 0.15) is 30.6 Å². The van der Waals surface area contributed by atoms with Crippen molar-refractivity contribution in [2.45, 2.75) is 25.9 Å². The number of amides is 1. The molecule has 0 aliphatic carbocycles. The molecule has 24 heavy (non-hydrogen) atoms. The highest BCUT2D eigenvalue weighted by molar-refractivity contribution is 5.67. The molecule has 0 aromatic heterocycles. The number of ether oxygens (including phenoxy) is 1. The number of nitrogens with one attached hydrogen (secondary N) is 1. The van der Waals surface area contributed by atoms with E-state index < -0.39 is 12.2 Å². The summed E-state index contributed by atoms with van der Waals surface area (Å²) in [5, 5.41) is 13.5. The molecule has 0 spiro atoms. The van der Waals surface area contributed by atoms with Gasteiger partial charge in [0, 0.05) is 12.5 Å². The van der Waals surface area contributed by atoms with Crippen molar-refractivity contribution in [2.75, 3.05) is 13.2 Å². The molecule has 2 aromatic carbocycles. The number of hydrogen-bond donors (Lipinski definition) is 2. The Morgan fingerprint density at radius 1 is 1.08 bits per heavy atom. The molecule has 128 valence electrons. The minimum atomic E-state index is -0.628. The van der Waals surface area contributed by atoms with Crippen LogP contribution >= 0.6 is 0 Å². The Balaban J connectivity index is 2.01. The molecule has 0 radical (unpaired) electrons. The maximum absolute atomic E-state index is 11.6. The number of rotatable bonds is 8. The molecule has 2 N–H and O–H groups in total. The van der Waals surface area contributed by atoms with Crippen LogP contribution in [0.5, 0.6) is 0 Å². The fourth-order valence-corrected chi connectivity index (χ4v) is 2.69. The summed E-state index contributed by atoms with van der Waals surface area (Å²) < 4.78 is 4.91. The molecule has 2 atom stereocenters. The summed E-state index contributed by atoms with van der Waals surface area (Å²) in [6, 6.07) is 19.7. The van der Waals surface area contributed by atoms with Gasteiger partial charge in [-0.1, -0.05) is 60.7 Å². The van der Waals surface area contributed by atoms with Crippen LogP contribution in [0.3, 0.4) is 0 Å². The number of aliphatic hydroxyl groups excluding tert-OH is 1. The van der Waals surface area contributed by atoms with Gasteiger partial charge in [-0.05, 0) is 30.9 Å². The SMILES string of the molecule is CCOC(=O)NCC(CCc1ccccc1)C(O)c1ccccc1. The summed E-state index contributed by atoms with van der Waals surface area (Å²) in [4.78, 5) is 11.6. The van der Waals surface area contributed by atoms with Gasteiger partial charge in [-0.2, -0.15) is 0 Å². The number of benzene rings is 2. The average molecular weight is 327 g/mol. The molecule has 0 aliphatic heterocycles. The van der Waals surface area contributed by atoms with E-state index in [1.807, 2.05) is 48.5 Å². The van der Waals surface area contributed by atoms with Crippen LogP contribution in [-0.2, 0) is 11.2 Å². The van der Waals surface area contributed by atoms with Crippen molar-refractivity contribution in [3.05, 3.63) is 71.8 Å². The molecule has 4 heteroatoms. The number of alkyl carbamates (subject to hydrolysis) is 1. The maximum atomic E-state index is 11.6. The van der Waals surface area contributed by atoms with Gasteiger partial charge in [0.15, 0.2) is 0 Å². The highest BCUT2D eigenvalue weighted by Gasteiger charge is 2.21. The van der Waals surface area contributed by atoms with Crippen LogP contribution in [0, 0.1) is 5.92 Å². The Bertz CT molecular complexity index is 601. The van der Waals surface area contributed by atoms with Crippen molar-refractivity contribution in [1.82, 2.24) is 5.32 Å². The fraction of sp³-hybridized carbons (Fsp3) is 0.350. The van der Waals surface area contributed by atoms with Gasteiger partial charge in [-0.3, -0.25) is 0 Å². The predicted octanol–water partition coefficient (Wildman–Crippen LogP) is 3.72. The van der Waals surface area contributed by atoms with E-state index in [-0.39, 0.29) is 5.92 Å². The van der Waals surface area contributed by atoms with Crippen molar-refractivity contribution >= 4 is 6.09 Å². The van der Waals surface area contributed by atoms with E-state index in [0.717, 1.165) is 18.4 Å². The van der Waals surface area contributed by atoms with Crippen LogP contribution in [0.2, 0.25) is 0 Å².